The molecule has 0 unspecified atom stereocenters. The first-order valence-electron chi connectivity index (χ1n) is 5.58. The van der Waals surface area contributed by atoms with Crippen molar-refractivity contribution in [2.45, 2.75) is 26.2 Å². The van der Waals surface area contributed by atoms with Gasteiger partial charge in [-0.3, -0.25) is 0 Å². The lowest BCUT2D eigenvalue weighted by Gasteiger charge is -2.04. The van der Waals surface area contributed by atoms with Crippen LogP contribution in [0.3, 0.4) is 0 Å². The van der Waals surface area contributed by atoms with E-state index in [9.17, 15) is 0 Å². The first kappa shape index (κ1) is 11.2. The summed E-state index contributed by atoms with van der Waals surface area (Å²) in [6, 6.07) is 5.92. The quantitative estimate of drug-likeness (QED) is 0.809. The van der Waals surface area contributed by atoms with Crippen LogP contribution in [0.5, 0.6) is 5.75 Å². The van der Waals surface area contributed by atoms with Gasteiger partial charge in [-0.2, -0.15) is 0 Å². The third kappa shape index (κ3) is 2.64. The highest BCUT2D eigenvalue weighted by Gasteiger charge is 2.02. The van der Waals surface area contributed by atoms with Crippen molar-refractivity contribution in [1.29, 1.82) is 0 Å². The van der Waals surface area contributed by atoms with Crippen LogP contribution in [0, 0.1) is 0 Å². The second-order valence-electron chi connectivity index (χ2n) is 3.74. The number of fused-ring (bicyclic) bond motifs is 1. The Labute approximate surface area is 99.3 Å². The van der Waals surface area contributed by atoms with Gasteiger partial charge in [-0.1, -0.05) is 31.1 Å². The van der Waals surface area contributed by atoms with Crippen molar-refractivity contribution in [2.75, 3.05) is 12.3 Å². The van der Waals surface area contributed by atoms with E-state index in [-0.39, 0.29) is 0 Å². The van der Waals surface area contributed by atoms with E-state index in [1.807, 2.05) is 18.2 Å². The van der Waals surface area contributed by atoms with Crippen molar-refractivity contribution in [1.82, 2.24) is 4.98 Å². The molecule has 0 atom stereocenters. The van der Waals surface area contributed by atoms with Gasteiger partial charge in [0.1, 0.15) is 5.75 Å². The summed E-state index contributed by atoms with van der Waals surface area (Å²) in [4.78, 5) is 4.20. The van der Waals surface area contributed by atoms with Crippen LogP contribution in [0.25, 0.3) is 10.2 Å². The Bertz CT molecular complexity index is 467. The van der Waals surface area contributed by atoms with E-state index in [4.69, 9.17) is 10.5 Å². The first-order valence-corrected chi connectivity index (χ1v) is 6.40. The number of rotatable bonds is 5. The van der Waals surface area contributed by atoms with Gasteiger partial charge in [-0.05, 0) is 24.6 Å². The second-order valence-corrected chi connectivity index (χ2v) is 4.80. The lowest BCUT2D eigenvalue weighted by Crippen LogP contribution is -1.96. The van der Waals surface area contributed by atoms with E-state index < -0.39 is 0 Å². The molecule has 3 nitrogen and oxygen atoms in total. The average molecular weight is 236 g/mol. The molecule has 0 radical (unpaired) electrons. The molecule has 1 heterocycles. The molecule has 0 saturated heterocycles. The maximum Gasteiger partial charge on any atom is 0.181 e. The number of hydrogen-bond donors (Lipinski definition) is 1. The zero-order chi connectivity index (χ0) is 11.4. The molecule has 2 rings (SSSR count). The Hall–Kier alpha value is -1.29. The Morgan fingerprint density at radius 1 is 1.38 bits per heavy atom. The lowest BCUT2D eigenvalue weighted by atomic mass is 10.3. The van der Waals surface area contributed by atoms with E-state index in [1.54, 1.807) is 0 Å². The summed E-state index contributed by atoms with van der Waals surface area (Å²) < 4.78 is 6.75. The summed E-state index contributed by atoms with van der Waals surface area (Å²) >= 11 is 1.50. The van der Waals surface area contributed by atoms with E-state index in [0.29, 0.717) is 5.13 Å². The summed E-state index contributed by atoms with van der Waals surface area (Å²) in [5, 5.41) is 0.609. The number of hydrogen-bond acceptors (Lipinski definition) is 4. The number of nitrogens with zero attached hydrogens (tertiary/aromatic N) is 1. The molecule has 0 aliphatic rings. The summed E-state index contributed by atoms with van der Waals surface area (Å²) in [7, 11) is 0. The molecular formula is C12H16N2OS. The topological polar surface area (TPSA) is 48.1 Å². The van der Waals surface area contributed by atoms with Gasteiger partial charge in [0.25, 0.3) is 0 Å². The average Bonchev–Trinajstić information content (AvgIpc) is 2.64. The summed E-state index contributed by atoms with van der Waals surface area (Å²) in [6.45, 7) is 2.97. The van der Waals surface area contributed by atoms with Gasteiger partial charge < -0.3 is 10.5 Å². The number of anilines is 1. The van der Waals surface area contributed by atoms with Gasteiger partial charge in [0, 0.05) is 0 Å². The number of aromatic nitrogens is 1. The van der Waals surface area contributed by atoms with Crippen LogP contribution in [-0.4, -0.2) is 11.6 Å². The smallest absolute Gasteiger partial charge is 0.181 e. The standard InChI is InChI=1S/C12H16N2OS/c1-2-3-4-7-15-9-5-6-10-11(8-9)16-12(13)14-10/h5-6,8H,2-4,7H2,1H3,(H2,13,14). The maximum atomic E-state index is 5.66. The zero-order valence-electron chi connectivity index (χ0n) is 9.40. The van der Waals surface area contributed by atoms with Gasteiger partial charge in [0.05, 0.1) is 16.8 Å². The molecule has 0 aliphatic heterocycles. The Morgan fingerprint density at radius 3 is 3.06 bits per heavy atom. The van der Waals surface area contributed by atoms with Crippen LogP contribution < -0.4 is 10.5 Å². The molecule has 0 amide bonds. The van der Waals surface area contributed by atoms with Crippen molar-refractivity contribution in [3.8, 4) is 5.75 Å². The zero-order valence-corrected chi connectivity index (χ0v) is 10.2. The van der Waals surface area contributed by atoms with Gasteiger partial charge >= 0.3 is 0 Å². The van der Waals surface area contributed by atoms with Crippen LogP contribution in [-0.2, 0) is 0 Å². The highest BCUT2D eigenvalue weighted by atomic mass is 32.1. The number of thiazole rings is 1. The maximum absolute atomic E-state index is 5.66. The van der Waals surface area contributed by atoms with Crippen LogP contribution in [0.1, 0.15) is 26.2 Å². The molecule has 0 spiro atoms. The van der Waals surface area contributed by atoms with E-state index in [2.05, 4.69) is 11.9 Å². The normalized spacial score (nSPS) is 10.8. The van der Waals surface area contributed by atoms with Gasteiger partial charge in [-0.25, -0.2) is 4.98 Å². The number of nitrogen functional groups attached to an aromatic ring is 1. The van der Waals surface area contributed by atoms with Crippen LogP contribution >= 0.6 is 11.3 Å². The Balaban J connectivity index is 2.02. The summed E-state index contributed by atoms with van der Waals surface area (Å²) in [6.07, 6.45) is 3.54. The van der Waals surface area contributed by atoms with E-state index in [0.717, 1.165) is 29.0 Å². The third-order valence-electron chi connectivity index (χ3n) is 2.39. The fraction of sp³-hybridized carbons (Fsp3) is 0.417. The van der Waals surface area contributed by atoms with Crippen LogP contribution in [0.15, 0.2) is 18.2 Å². The lowest BCUT2D eigenvalue weighted by molar-refractivity contribution is 0.306. The fourth-order valence-electron chi connectivity index (χ4n) is 1.55. The van der Waals surface area contributed by atoms with Crippen LogP contribution in [0.4, 0.5) is 5.13 Å². The summed E-state index contributed by atoms with van der Waals surface area (Å²) in [5.41, 5.74) is 6.59. The number of nitrogens with two attached hydrogens (primary N) is 1. The van der Waals surface area contributed by atoms with Crippen molar-refractivity contribution < 1.29 is 4.74 Å². The van der Waals surface area contributed by atoms with Crippen molar-refractivity contribution in [3.63, 3.8) is 0 Å². The molecule has 2 N–H and O–H groups in total. The number of unbranched alkanes of at least 4 members (excludes halogenated alkanes) is 2. The predicted octanol–water partition coefficient (Wildman–Crippen LogP) is 3.45. The highest BCUT2D eigenvalue weighted by Crippen LogP contribution is 2.27. The predicted molar refractivity (Wildman–Crippen MR) is 69.1 cm³/mol. The van der Waals surface area contributed by atoms with Gasteiger partial charge in [0.2, 0.25) is 0 Å². The number of benzene rings is 1. The molecule has 86 valence electrons. The minimum absolute atomic E-state index is 0.609. The molecular weight excluding hydrogens is 220 g/mol. The summed E-state index contributed by atoms with van der Waals surface area (Å²) in [5.74, 6) is 0.909. The molecule has 16 heavy (non-hydrogen) atoms. The highest BCUT2D eigenvalue weighted by molar-refractivity contribution is 7.22. The second kappa shape index (κ2) is 5.16. The number of ether oxygens (including phenoxy) is 1. The van der Waals surface area contributed by atoms with Crippen molar-refractivity contribution in [2.24, 2.45) is 0 Å². The molecule has 1 aromatic carbocycles. The van der Waals surface area contributed by atoms with E-state index in [1.165, 1.54) is 24.2 Å². The third-order valence-corrected chi connectivity index (χ3v) is 3.24. The molecule has 2 aromatic rings. The fourth-order valence-corrected chi connectivity index (χ4v) is 2.32. The molecule has 0 fully saturated rings. The first-order chi connectivity index (χ1) is 7.79. The molecule has 4 heteroatoms. The van der Waals surface area contributed by atoms with Crippen molar-refractivity contribution >= 4 is 26.7 Å². The Kier molecular flexibility index (Phi) is 3.62. The minimum Gasteiger partial charge on any atom is -0.494 e. The largest absolute Gasteiger partial charge is 0.494 e. The Morgan fingerprint density at radius 2 is 2.25 bits per heavy atom. The van der Waals surface area contributed by atoms with Crippen molar-refractivity contribution in [3.05, 3.63) is 18.2 Å². The molecule has 0 aliphatic carbocycles. The molecule has 0 bridgehead atoms. The van der Waals surface area contributed by atoms with Crippen LogP contribution in [0.2, 0.25) is 0 Å². The van der Waals surface area contributed by atoms with Gasteiger partial charge in [-0.15, -0.1) is 0 Å². The SMILES string of the molecule is CCCCCOc1ccc2nc(N)sc2c1. The van der Waals surface area contributed by atoms with Gasteiger partial charge in [0.15, 0.2) is 5.13 Å². The molecule has 1 aromatic heterocycles. The monoisotopic (exact) mass is 236 g/mol. The minimum atomic E-state index is 0.609. The van der Waals surface area contributed by atoms with E-state index >= 15 is 0 Å². The molecule has 0 saturated carbocycles.